The number of likely N-dealkylation sites (N-methyl/N-ethyl adjacent to an activating group) is 1. The minimum absolute atomic E-state index is 0.0462. The van der Waals surface area contributed by atoms with Crippen LogP contribution in [0, 0.1) is 0 Å². The lowest BCUT2D eigenvalue weighted by Gasteiger charge is -2.19. The minimum atomic E-state index is -3.78. The van der Waals surface area contributed by atoms with Crippen LogP contribution in [0.1, 0.15) is 30.6 Å². The Balaban J connectivity index is 1.98. The maximum Gasteiger partial charge on any atom is 0.251 e. The van der Waals surface area contributed by atoms with Crippen molar-refractivity contribution in [1.29, 1.82) is 0 Å². The van der Waals surface area contributed by atoms with Crippen molar-refractivity contribution < 1.29 is 18.0 Å². The van der Waals surface area contributed by atoms with E-state index in [-0.39, 0.29) is 34.8 Å². The number of likely N-dealkylation sites (tertiary alicyclic amines) is 1. The van der Waals surface area contributed by atoms with Crippen LogP contribution >= 0.6 is 0 Å². The summed E-state index contributed by atoms with van der Waals surface area (Å²) in [6, 6.07) is 5.05. The van der Waals surface area contributed by atoms with E-state index in [0.29, 0.717) is 18.5 Å². The number of hydrogen-bond acceptors (Lipinski definition) is 5. The average Bonchev–Trinajstić information content (AvgIpc) is 2.86. The van der Waals surface area contributed by atoms with Crippen molar-refractivity contribution in [2.45, 2.75) is 43.3 Å². The quantitative estimate of drug-likeness (QED) is 0.656. The molecule has 2 amide bonds. The van der Waals surface area contributed by atoms with E-state index in [0.717, 1.165) is 0 Å². The normalized spacial score (nSPS) is 21.3. The summed E-state index contributed by atoms with van der Waals surface area (Å²) in [5, 5.41) is 10.8. The van der Waals surface area contributed by atoms with E-state index in [4.69, 9.17) is 5.14 Å². The molecule has 0 bridgehead atoms. The van der Waals surface area contributed by atoms with E-state index in [2.05, 4.69) is 10.6 Å². The van der Waals surface area contributed by atoms with Crippen molar-refractivity contribution in [3.05, 3.63) is 29.8 Å². The lowest BCUT2D eigenvalue weighted by Crippen LogP contribution is -2.43. The third kappa shape index (κ3) is 5.00. The molecule has 0 aliphatic carbocycles. The van der Waals surface area contributed by atoms with Gasteiger partial charge < -0.3 is 10.6 Å². The second kappa shape index (κ2) is 7.51. The fraction of sp³-hybridized carbons (Fsp3) is 0.500. The first kappa shape index (κ1) is 19.4. The Morgan fingerprint density at radius 2 is 1.84 bits per heavy atom. The van der Waals surface area contributed by atoms with E-state index < -0.39 is 10.0 Å². The zero-order chi connectivity index (χ0) is 18.8. The van der Waals surface area contributed by atoms with Crippen molar-refractivity contribution in [1.82, 2.24) is 15.5 Å². The molecule has 1 aromatic rings. The van der Waals surface area contributed by atoms with Crippen LogP contribution in [0.25, 0.3) is 0 Å². The first-order chi connectivity index (χ1) is 11.6. The predicted molar refractivity (Wildman–Crippen MR) is 93.4 cm³/mol. The summed E-state index contributed by atoms with van der Waals surface area (Å²) in [6.45, 7) is 4.37. The Morgan fingerprint density at radius 1 is 1.24 bits per heavy atom. The number of sulfonamides is 1. The van der Waals surface area contributed by atoms with E-state index in [1.807, 2.05) is 25.8 Å². The number of rotatable bonds is 5. The number of hydrogen-bond donors (Lipinski definition) is 3. The first-order valence-electron chi connectivity index (χ1n) is 8.02. The van der Waals surface area contributed by atoms with Gasteiger partial charge in [-0.05, 0) is 51.6 Å². The Morgan fingerprint density at radius 3 is 2.36 bits per heavy atom. The summed E-state index contributed by atoms with van der Waals surface area (Å²) < 4.78 is 22.5. The van der Waals surface area contributed by atoms with Gasteiger partial charge in [0.2, 0.25) is 15.9 Å². The first-order valence-corrected chi connectivity index (χ1v) is 9.57. The molecule has 4 N–H and O–H groups in total. The number of carbonyl (C=O) groups is 2. The highest BCUT2D eigenvalue weighted by Crippen LogP contribution is 2.17. The highest BCUT2D eigenvalue weighted by molar-refractivity contribution is 7.89. The van der Waals surface area contributed by atoms with Gasteiger partial charge in [0.25, 0.3) is 5.91 Å². The van der Waals surface area contributed by atoms with Crippen LogP contribution in [0.5, 0.6) is 0 Å². The Hall–Kier alpha value is -1.97. The monoisotopic (exact) mass is 368 g/mol. The van der Waals surface area contributed by atoms with Gasteiger partial charge >= 0.3 is 0 Å². The van der Waals surface area contributed by atoms with Gasteiger partial charge in [0.05, 0.1) is 10.9 Å². The number of benzene rings is 1. The maximum absolute atomic E-state index is 12.3. The summed E-state index contributed by atoms with van der Waals surface area (Å²) in [5.41, 5.74) is 0.338. The van der Waals surface area contributed by atoms with Crippen LogP contribution in [0.15, 0.2) is 29.2 Å². The largest absolute Gasteiger partial charge is 0.353 e. The number of primary sulfonamides is 1. The van der Waals surface area contributed by atoms with E-state index >= 15 is 0 Å². The molecule has 0 unspecified atom stereocenters. The van der Waals surface area contributed by atoms with E-state index in [1.54, 1.807) is 0 Å². The molecule has 0 radical (unpaired) electrons. The van der Waals surface area contributed by atoms with Gasteiger partial charge in [-0.25, -0.2) is 13.6 Å². The average molecular weight is 368 g/mol. The van der Waals surface area contributed by atoms with Gasteiger partial charge in [-0.2, -0.15) is 0 Å². The van der Waals surface area contributed by atoms with Crippen molar-refractivity contribution >= 4 is 21.8 Å². The molecule has 1 aliphatic heterocycles. The fourth-order valence-electron chi connectivity index (χ4n) is 2.86. The molecule has 1 heterocycles. The second-order valence-corrected chi connectivity index (χ2v) is 8.16. The summed E-state index contributed by atoms with van der Waals surface area (Å²) in [5.74, 6) is -0.365. The summed E-state index contributed by atoms with van der Waals surface area (Å²) >= 11 is 0. The smallest absolute Gasteiger partial charge is 0.251 e. The SMILES string of the molecule is CC(C)NC(=O)[C@@H]1C[C@@H](NC(=O)c2ccc(S(N)(=O)=O)cc2)CN1C. The van der Waals surface area contributed by atoms with Gasteiger partial charge in [0.1, 0.15) is 0 Å². The number of amides is 2. The Bertz CT molecular complexity index is 746. The van der Waals surface area contributed by atoms with Crippen molar-refractivity contribution in [3.63, 3.8) is 0 Å². The Labute approximate surface area is 147 Å². The molecule has 138 valence electrons. The highest BCUT2D eigenvalue weighted by Gasteiger charge is 2.35. The van der Waals surface area contributed by atoms with Crippen LogP contribution < -0.4 is 15.8 Å². The molecule has 2 rings (SSSR count). The second-order valence-electron chi connectivity index (χ2n) is 6.59. The van der Waals surface area contributed by atoms with Gasteiger partial charge in [-0.15, -0.1) is 0 Å². The molecule has 25 heavy (non-hydrogen) atoms. The third-order valence-electron chi connectivity index (χ3n) is 4.06. The summed E-state index contributed by atoms with van der Waals surface area (Å²) in [6.07, 6.45) is 0.524. The zero-order valence-electron chi connectivity index (χ0n) is 14.5. The van der Waals surface area contributed by atoms with Gasteiger partial charge in [0, 0.05) is 24.2 Å². The van der Waals surface area contributed by atoms with Crippen molar-refractivity contribution in [2.75, 3.05) is 13.6 Å². The van der Waals surface area contributed by atoms with Gasteiger partial charge in [-0.1, -0.05) is 0 Å². The lowest BCUT2D eigenvalue weighted by atomic mass is 10.1. The highest BCUT2D eigenvalue weighted by atomic mass is 32.2. The molecule has 1 aromatic carbocycles. The predicted octanol–water partition coefficient (Wildman–Crippen LogP) is -0.339. The van der Waals surface area contributed by atoms with Crippen LogP contribution in [-0.2, 0) is 14.8 Å². The Kier molecular flexibility index (Phi) is 5.81. The fourth-order valence-corrected chi connectivity index (χ4v) is 3.37. The van der Waals surface area contributed by atoms with Crippen LogP contribution in [-0.4, -0.2) is 56.9 Å². The number of nitrogens with two attached hydrogens (primary N) is 1. The molecule has 0 saturated carbocycles. The van der Waals surface area contributed by atoms with Gasteiger partial charge in [0.15, 0.2) is 0 Å². The van der Waals surface area contributed by atoms with Crippen molar-refractivity contribution in [2.24, 2.45) is 5.14 Å². The molecule has 2 atom stereocenters. The summed E-state index contributed by atoms with van der Waals surface area (Å²) in [7, 11) is -1.94. The van der Waals surface area contributed by atoms with Crippen LogP contribution in [0.2, 0.25) is 0 Å². The molecule has 9 heteroatoms. The molecule has 8 nitrogen and oxygen atoms in total. The molecule has 1 aliphatic rings. The molecular weight excluding hydrogens is 344 g/mol. The minimum Gasteiger partial charge on any atom is -0.353 e. The summed E-state index contributed by atoms with van der Waals surface area (Å²) in [4.78, 5) is 26.3. The standard InChI is InChI=1S/C16H24N4O4S/c1-10(2)18-16(22)14-8-12(9-20(14)3)19-15(21)11-4-6-13(7-5-11)25(17,23)24/h4-7,10,12,14H,8-9H2,1-3H3,(H,18,22)(H,19,21)(H2,17,23,24)/t12-,14+/m1/s1. The molecular formula is C16H24N4O4S. The lowest BCUT2D eigenvalue weighted by molar-refractivity contribution is -0.125. The number of nitrogens with zero attached hydrogens (tertiary/aromatic N) is 1. The molecule has 0 spiro atoms. The van der Waals surface area contributed by atoms with E-state index in [9.17, 15) is 18.0 Å². The molecule has 0 aromatic heterocycles. The molecule has 1 fully saturated rings. The maximum atomic E-state index is 12.3. The molecule has 1 saturated heterocycles. The van der Waals surface area contributed by atoms with Crippen LogP contribution in [0.4, 0.5) is 0 Å². The third-order valence-corrected chi connectivity index (χ3v) is 4.99. The van der Waals surface area contributed by atoms with Crippen LogP contribution in [0.3, 0.4) is 0 Å². The van der Waals surface area contributed by atoms with Gasteiger partial charge in [-0.3, -0.25) is 14.5 Å². The van der Waals surface area contributed by atoms with E-state index in [1.165, 1.54) is 24.3 Å². The van der Waals surface area contributed by atoms with Crippen molar-refractivity contribution in [3.8, 4) is 0 Å². The topological polar surface area (TPSA) is 122 Å². The zero-order valence-corrected chi connectivity index (χ0v) is 15.3. The number of carbonyl (C=O) groups excluding carboxylic acids is 2. The number of nitrogens with one attached hydrogen (secondary N) is 2.